The topological polar surface area (TPSA) is 49.9 Å². The number of nitrogens with zero attached hydrogens (tertiary/aromatic N) is 2. The van der Waals surface area contributed by atoms with Crippen LogP contribution in [0.3, 0.4) is 0 Å². The quantitative estimate of drug-likeness (QED) is 0.610. The second-order valence-corrected chi connectivity index (χ2v) is 6.43. The van der Waals surface area contributed by atoms with E-state index in [9.17, 15) is 9.59 Å². The molecule has 1 aromatic carbocycles. The highest BCUT2D eigenvalue weighted by Gasteiger charge is 2.22. The summed E-state index contributed by atoms with van der Waals surface area (Å²) in [5, 5.41) is 0. The maximum atomic E-state index is 12.9. The van der Waals surface area contributed by atoms with Gasteiger partial charge in [0.05, 0.1) is 13.0 Å². The van der Waals surface area contributed by atoms with Gasteiger partial charge in [-0.05, 0) is 45.1 Å². The van der Waals surface area contributed by atoms with Gasteiger partial charge in [0.15, 0.2) is 0 Å². The van der Waals surface area contributed by atoms with Crippen molar-refractivity contribution in [1.29, 1.82) is 0 Å². The third kappa shape index (κ3) is 6.86. The highest BCUT2D eigenvalue weighted by Crippen LogP contribution is 2.12. The van der Waals surface area contributed by atoms with Crippen LogP contribution in [0, 0.1) is 12.8 Å². The molecule has 140 valence electrons. The first-order valence-electron chi connectivity index (χ1n) is 9.09. The molecule has 1 aromatic rings. The van der Waals surface area contributed by atoms with Crippen molar-refractivity contribution >= 4 is 11.9 Å². The summed E-state index contributed by atoms with van der Waals surface area (Å²) >= 11 is 0. The Balaban J connectivity index is 2.82. The molecule has 0 bridgehead atoms. The largest absolute Gasteiger partial charge is 0.469 e. The molecule has 5 nitrogen and oxygen atoms in total. The molecule has 0 spiro atoms. The Labute approximate surface area is 151 Å². The van der Waals surface area contributed by atoms with Gasteiger partial charge in [-0.2, -0.15) is 0 Å². The number of methoxy groups -OCH3 is 1. The first-order chi connectivity index (χ1) is 11.9. The van der Waals surface area contributed by atoms with Crippen LogP contribution in [-0.2, 0) is 9.53 Å². The highest BCUT2D eigenvalue weighted by molar-refractivity contribution is 5.94. The zero-order valence-corrected chi connectivity index (χ0v) is 16.2. The third-order valence-corrected chi connectivity index (χ3v) is 4.45. The summed E-state index contributed by atoms with van der Waals surface area (Å²) in [6.07, 6.45) is 0.882. The van der Waals surface area contributed by atoms with Crippen LogP contribution < -0.4 is 0 Å². The summed E-state index contributed by atoms with van der Waals surface area (Å²) in [5.74, 6) is -0.656. The average molecular weight is 348 g/mol. The number of benzene rings is 1. The molecule has 25 heavy (non-hydrogen) atoms. The number of amides is 1. The Morgan fingerprint density at radius 1 is 1.16 bits per heavy atom. The molecule has 0 fully saturated rings. The number of hydrogen-bond acceptors (Lipinski definition) is 4. The van der Waals surface area contributed by atoms with Gasteiger partial charge in [0, 0.05) is 18.7 Å². The summed E-state index contributed by atoms with van der Waals surface area (Å²) < 4.78 is 4.81. The van der Waals surface area contributed by atoms with Crippen molar-refractivity contribution in [3.8, 4) is 0 Å². The molecule has 0 saturated heterocycles. The average Bonchev–Trinajstić information content (AvgIpc) is 2.62. The predicted octanol–water partition coefficient (Wildman–Crippen LogP) is 2.98. The van der Waals surface area contributed by atoms with Gasteiger partial charge < -0.3 is 14.5 Å². The molecule has 0 aliphatic rings. The van der Waals surface area contributed by atoms with Crippen LogP contribution in [0.1, 0.15) is 43.1 Å². The van der Waals surface area contributed by atoms with E-state index in [1.165, 1.54) is 7.11 Å². The molecule has 1 unspecified atom stereocenters. The summed E-state index contributed by atoms with van der Waals surface area (Å²) in [7, 11) is 1.38. The predicted molar refractivity (Wildman–Crippen MR) is 101 cm³/mol. The minimum Gasteiger partial charge on any atom is -0.469 e. The SMILES string of the molecule is CCN(CC)CCCN(CC(C)C(=O)OC)C(=O)c1cccc(C)c1. The normalized spacial score (nSPS) is 12.1. The van der Waals surface area contributed by atoms with Crippen LogP contribution >= 0.6 is 0 Å². The van der Waals surface area contributed by atoms with E-state index in [-0.39, 0.29) is 17.8 Å². The molecule has 0 aliphatic heterocycles. The minimum atomic E-state index is -0.341. The lowest BCUT2D eigenvalue weighted by Crippen LogP contribution is -2.39. The lowest BCUT2D eigenvalue weighted by molar-refractivity contribution is -0.145. The fourth-order valence-corrected chi connectivity index (χ4v) is 2.87. The Kier molecular flexibility index (Phi) is 9.21. The Bertz CT molecular complexity index is 556. The molecular formula is C20H32N2O3. The van der Waals surface area contributed by atoms with E-state index in [2.05, 4.69) is 18.7 Å². The molecule has 0 heterocycles. The fourth-order valence-electron chi connectivity index (χ4n) is 2.87. The smallest absolute Gasteiger partial charge is 0.310 e. The van der Waals surface area contributed by atoms with E-state index in [0.29, 0.717) is 18.7 Å². The van der Waals surface area contributed by atoms with Gasteiger partial charge in [0.25, 0.3) is 5.91 Å². The van der Waals surface area contributed by atoms with Crippen molar-refractivity contribution in [2.24, 2.45) is 5.92 Å². The molecule has 5 heteroatoms. The Hall–Kier alpha value is -1.88. The molecule has 0 aliphatic carbocycles. The van der Waals surface area contributed by atoms with E-state index < -0.39 is 0 Å². The molecular weight excluding hydrogens is 316 g/mol. The maximum absolute atomic E-state index is 12.9. The van der Waals surface area contributed by atoms with Crippen LogP contribution in [0.25, 0.3) is 0 Å². The van der Waals surface area contributed by atoms with Crippen LogP contribution in [-0.4, -0.2) is 61.5 Å². The van der Waals surface area contributed by atoms with Crippen LogP contribution in [0.15, 0.2) is 24.3 Å². The number of ether oxygens (including phenoxy) is 1. The molecule has 1 rings (SSSR count). The molecule has 0 N–H and O–H groups in total. The van der Waals surface area contributed by atoms with Crippen molar-refractivity contribution in [2.75, 3.05) is 39.8 Å². The van der Waals surface area contributed by atoms with Gasteiger partial charge in [-0.25, -0.2) is 0 Å². The zero-order chi connectivity index (χ0) is 18.8. The highest BCUT2D eigenvalue weighted by atomic mass is 16.5. The summed E-state index contributed by atoms with van der Waals surface area (Å²) in [6, 6.07) is 7.58. The van der Waals surface area contributed by atoms with Crippen molar-refractivity contribution < 1.29 is 14.3 Å². The van der Waals surface area contributed by atoms with E-state index in [4.69, 9.17) is 4.74 Å². The number of carbonyl (C=O) groups excluding carboxylic acids is 2. The molecule has 0 saturated carbocycles. The van der Waals surface area contributed by atoms with Gasteiger partial charge in [-0.15, -0.1) is 0 Å². The summed E-state index contributed by atoms with van der Waals surface area (Å²) in [5.41, 5.74) is 1.72. The van der Waals surface area contributed by atoms with E-state index in [0.717, 1.165) is 31.6 Å². The minimum absolute atomic E-state index is 0.0287. The monoisotopic (exact) mass is 348 g/mol. The molecule has 1 atom stereocenters. The van der Waals surface area contributed by atoms with Crippen LogP contribution in [0.4, 0.5) is 0 Å². The van der Waals surface area contributed by atoms with Gasteiger partial charge in [0.1, 0.15) is 0 Å². The van der Waals surface area contributed by atoms with Crippen molar-refractivity contribution in [3.05, 3.63) is 35.4 Å². The standard InChI is InChI=1S/C20H32N2O3/c1-6-21(7-2)12-9-13-22(15-17(4)20(24)25-5)19(23)18-11-8-10-16(3)14-18/h8,10-11,14,17H,6-7,9,12-13,15H2,1-5H3. The number of hydrogen-bond donors (Lipinski definition) is 0. The third-order valence-electron chi connectivity index (χ3n) is 4.45. The van der Waals surface area contributed by atoms with Crippen molar-refractivity contribution in [2.45, 2.75) is 34.1 Å². The number of rotatable bonds is 10. The first-order valence-corrected chi connectivity index (χ1v) is 9.09. The van der Waals surface area contributed by atoms with Gasteiger partial charge >= 0.3 is 5.97 Å². The zero-order valence-electron chi connectivity index (χ0n) is 16.2. The lowest BCUT2D eigenvalue weighted by atomic mass is 10.1. The van der Waals surface area contributed by atoms with Crippen molar-refractivity contribution in [1.82, 2.24) is 9.80 Å². The fraction of sp³-hybridized carbons (Fsp3) is 0.600. The van der Waals surface area contributed by atoms with Crippen LogP contribution in [0.2, 0.25) is 0 Å². The van der Waals surface area contributed by atoms with Gasteiger partial charge in [0.2, 0.25) is 0 Å². The summed E-state index contributed by atoms with van der Waals surface area (Å²) in [6.45, 7) is 12.0. The number of carbonyl (C=O) groups is 2. The Morgan fingerprint density at radius 2 is 1.84 bits per heavy atom. The molecule has 1 amide bonds. The Morgan fingerprint density at radius 3 is 2.40 bits per heavy atom. The lowest BCUT2D eigenvalue weighted by Gasteiger charge is -2.27. The number of aryl methyl sites for hydroxylation is 1. The van der Waals surface area contributed by atoms with Gasteiger partial charge in [-0.3, -0.25) is 9.59 Å². The first kappa shape index (κ1) is 21.2. The van der Waals surface area contributed by atoms with E-state index in [1.54, 1.807) is 11.8 Å². The number of esters is 1. The second-order valence-electron chi connectivity index (χ2n) is 6.43. The van der Waals surface area contributed by atoms with Gasteiger partial charge in [-0.1, -0.05) is 38.5 Å². The maximum Gasteiger partial charge on any atom is 0.310 e. The molecule has 0 aromatic heterocycles. The molecule has 0 radical (unpaired) electrons. The van der Waals surface area contributed by atoms with E-state index in [1.807, 2.05) is 31.2 Å². The second kappa shape index (κ2) is 10.9. The van der Waals surface area contributed by atoms with E-state index >= 15 is 0 Å². The van der Waals surface area contributed by atoms with Crippen molar-refractivity contribution in [3.63, 3.8) is 0 Å². The summed E-state index contributed by atoms with van der Waals surface area (Å²) in [4.78, 5) is 28.8. The van der Waals surface area contributed by atoms with Crippen LogP contribution in [0.5, 0.6) is 0 Å².